The van der Waals surface area contributed by atoms with E-state index >= 15 is 0 Å². The molecule has 0 saturated heterocycles. The van der Waals surface area contributed by atoms with E-state index in [0.29, 0.717) is 23.2 Å². The van der Waals surface area contributed by atoms with Crippen molar-refractivity contribution >= 4 is 15.9 Å². The molecule has 29 heavy (non-hydrogen) atoms. The average molecular weight is 421 g/mol. The second-order valence-electron chi connectivity index (χ2n) is 8.10. The minimum atomic E-state index is -3.59. The van der Waals surface area contributed by atoms with Crippen LogP contribution in [0.4, 0.5) is 0 Å². The summed E-state index contributed by atoms with van der Waals surface area (Å²) < 4.78 is 31.8. The predicted molar refractivity (Wildman–Crippen MR) is 108 cm³/mol. The first-order chi connectivity index (χ1) is 13.6. The van der Waals surface area contributed by atoms with E-state index in [9.17, 15) is 13.2 Å². The number of amides is 1. The summed E-state index contributed by atoms with van der Waals surface area (Å²) >= 11 is 0. The Morgan fingerprint density at radius 3 is 2.31 bits per heavy atom. The van der Waals surface area contributed by atoms with Gasteiger partial charge in [-0.3, -0.25) is 4.79 Å². The lowest BCUT2D eigenvalue weighted by atomic mass is 10.0. The zero-order valence-electron chi connectivity index (χ0n) is 17.4. The number of sulfonamides is 1. The first-order valence-corrected chi connectivity index (χ1v) is 11.3. The maximum atomic E-state index is 12.7. The van der Waals surface area contributed by atoms with Crippen LogP contribution in [-0.2, 0) is 10.0 Å². The Hall–Kier alpha value is -2.26. The fraction of sp³-hybridized carbons (Fsp3) is 0.550. The molecule has 0 aliphatic heterocycles. The van der Waals surface area contributed by atoms with Gasteiger partial charge in [0.1, 0.15) is 6.04 Å². The van der Waals surface area contributed by atoms with E-state index in [1.807, 2.05) is 13.8 Å². The first-order valence-electron chi connectivity index (χ1n) is 9.83. The number of rotatable bonds is 8. The van der Waals surface area contributed by atoms with Crippen molar-refractivity contribution in [2.24, 2.45) is 5.92 Å². The third-order valence-electron chi connectivity index (χ3n) is 5.14. The number of hydrogen-bond donors (Lipinski definition) is 1. The van der Waals surface area contributed by atoms with E-state index in [2.05, 4.69) is 15.5 Å². The van der Waals surface area contributed by atoms with Crippen molar-refractivity contribution in [3.63, 3.8) is 0 Å². The molecule has 0 radical (unpaired) electrons. The van der Waals surface area contributed by atoms with Crippen molar-refractivity contribution < 1.29 is 17.7 Å². The largest absolute Gasteiger partial charge is 0.340 e. The maximum Gasteiger partial charge on any atom is 0.251 e. The van der Waals surface area contributed by atoms with Gasteiger partial charge in [-0.15, -0.1) is 0 Å². The highest BCUT2D eigenvalue weighted by atomic mass is 32.2. The number of hydrogen-bond acceptors (Lipinski definition) is 6. The van der Waals surface area contributed by atoms with Gasteiger partial charge in [0.15, 0.2) is 5.82 Å². The van der Waals surface area contributed by atoms with Crippen molar-refractivity contribution in [1.82, 2.24) is 19.8 Å². The highest BCUT2D eigenvalue weighted by Crippen LogP contribution is 2.38. The van der Waals surface area contributed by atoms with Crippen LogP contribution in [0.1, 0.15) is 74.6 Å². The summed E-state index contributed by atoms with van der Waals surface area (Å²) in [5.41, 5.74) is 0.365. The number of nitrogens with zero attached hydrogens (tertiary/aromatic N) is 3. The topological polar surface area (TPSA) is 105 Å². The molecule has 1 aliphatic rings. The van der Waals surface area contributed by atoms with Crippen molar-refractivity contribution in [3.05, 3.63) is 41.5 Å². The predicted octanol–water partition coefficient (Wildman–Crippen LogP) is 3.10. The summed E-state index contributed by atoms with van der Waals surface area (Å²) in [7, 11) is -2.06. The molecular formula is C20H28N4O4S. The van der Waals surface area contributed by atoms with E-state index in [1.165, 1.54) is 35.6 Å². The van der Waals surface area contributed by atoms with Gasteiger partial charge >= 0.3 is 0 Å². The van der Waals surface area contributed by atoms with Crippen LogP contribution in [-0.4, -0.2) is 41.9 Å². The number of aromatic nitrogens is 2. The smallest absolute Gasteiger partial charge is 0.251 e. The van der Waals surface area contributed by atoms with Crippen LogP contribution >= 0.6 is 0 Å². The Labute approximate surface area is 171 Å². The first kappa shape index (κ1) is 21.4. The van der Waals surface area contributed by atoms with Gasteiger partial charge in [-0.2, -0.15) is 9.29 Å². The zero-order chi connectivity index (χ0) is 21.3. The summed E-state index contributed by atoms with van der Waals surface area (Å²) in [6.07, 6.45) is 2.14. The molecule has 1 aromatic carbocycles. The summed E-state index contributed by atoms with van der Waals surface area (Å²) in [6, 6.07) is 5.34. The second-order valence-corrected chi connectivity index (χ2v) is 10.1. The van der Waals surface area contributed by atoms with Crippen LogP contribution in [0.25, 0.3) is 0 Å². The Kier molecular flexibility index (Phi) is 6.09. The molecule has 1 aromatic heterocycles. The van der Waals surface area contributed by atoms with E-state index < -0.39 is 16.1 Å². The number of nitrogens with one attached hydrogen (secondary N) is 1. The van der Waals surface area contributed by atoms with Gasteiger partial charge in [0, 0.05) is 24.6 Å². The standard InChI is InChI=1S/C20H28N4O4S/c1-12(2)17(20-22-18(23-28-20)14-6-7-14)21-19(25)15-8-10-16(11-9-15)29(26,27)24(5)13(3)4/h8-14,17H,6-7H2,1-5H3,(H,21,25). The molecule has 1 fully saturated rings. The van der Waals surface area contributed by atoms with E-state index in [1.54, 1.807) is 13.8 Å². The fourth-order valence-corrected chi connectivity index (χ4v) is 4.21. The maximum absolute atomic E-state index is 12.7. The Morgan fingerprint density at radius 2 is 1.79 bits per heavy atom. The molecule has 1 saturated carbocycles. The lowest BCUT2D eigenvalue weighted by Crippen LogP contribution is -2.33. The molecule has 9 heteroatoms. The van der Waals surface area contributed by atoms with Gasteiger partial charge < -0.3 is 9.84 Å². The summed E-state index contributed by atoms with van der Waals surface area (Å²) in [4.78, 5) is 17.3. The fourth-order valence-electron chi connectivity index (χ4n) is 2.84. The lowest BCUT2D eigenvalue weighted by molar-refractivity contribution is 0.0914. The minimum absolute atomic E-state index is 0.0470. The number of benzene rings is 1. The third-order valence-corrected chi connectivity index (χ3v) is 7.19. The molecule has 1 heterocycles. The van der Waals surface area contributed by atoms with E-state index in [-0.39, 0.29) is 22.8 Å². The minimum Gasteiger partial charge on any atom is -0.340 e. The SMILES string of the molecule is CC(C)C(NC(=O)c1ccc(S(=O)(=O)N(C)C(C)C)cc1)c1nc(C2CC2)no1. The molecular weight excluding hydrogens is 392 g/mol. The van der Waals surface area contributed by atoms with Crippen molar-refractivity contribution in [3.8, 4) is 0 Å². The average Bonchev–Trinajstić information content (AvgIpc) is 3.42. The molecule has 1 amide bonds. The van der Waals surface area contributed by atoms with Crippen LogP contribution in [0.15, 0.2) is 33.7 Å². The van der Waals surface area contributed by atoms with Crippen molar-refractivity contribution in [2.45, 2.75) is 63.4 Å². The molecule has 1 N–H and O–H groups in total. The van der Waals surface area contributed by atoms with Gasteiger partial charge in [-0.05, 0) is 56.9 Å². The number of carbonyl (C=O) groups excluding carboxylic acids is 1. The van der Waals surface area contributed by atoms with Gasteiger partial charge in [-0.25, -0.2) is 8.42 Å². The van der Waals surface area contributed by atoms with Crippen LogP contribution in [0.2, 0.25) is 0 Å². The Balaban J connectivity index is 1.75. The molecule has 1 unspecified atom stereocenters. The Morgan fingerprint density at radius 1 is 1.17 bits per heavy atom. The van der Waals surface area contributed by atoms with E-state index in [0.717, 1.165) is 12.8 Å². The van der Waals surface area contributed by atoms with Crippen LogP contribution in [0, 0.1) is 5.92 Å². The van der Waals surface area contributed by atoms with Crippen molar-refractivity contribution in [2.75, 3.05) is 7.05 Å². The monoisotopic (exact) mass is 420 g/mol. The zero-order valence-corrected chi connectivity index (χ0v) is 18.2. The summed E-state index contributed by atoms with van der Waals surface area (Å²) in [6.45, 7) is 7.53. The molecule has 8 nitrogen and oxygen atoms in total. The molecule has 2 aromatic rings. The quantitative estimate of drug-likeness (QED) is 0.703. The van der Waals surface area contributed by atoms with Gasteiger partial charge in [0.05, 0.1) is 4.90 Å². The molecule has 3 rings (SSSR count). The number of carbonyl (C=O) groups is 1. The van der Waals surface area contributed by atoms with Gasteiger partial charge in [0.2, 0.25) is 15.9 Å². The van der Waals surface area contributed by atoms with Crippen molar-refractivity contribution in [1.29, 1.82) is 0 Å². The highest BCUT2D eigenvalue weighted by Gasteiger charge is 2.32. The lowest BCUT2D eigenvalue weighted by Gasteiger charge is -2.21. The molecule has 0 spiro atoms. The second kappa shape index (κ2) is 8.23. The van der Waals surface area contributed by atoms with Crippen LogP contribution in [0.5, 0.6) is 0 Å². The third kappa shape index (κ3) is 4.67. The highest BCUT2D eigenvalue weighted by molar-refractivity contribution is 7.89. The molecule has 1 atom stereocenters. The van der Waals surface area contributed by atoms with Crippen LogP contribution in [0.3, 0.4) is 0 Å². The summed E-state index contributed by atoms with van der Waals surface area (Å²) in [5.74, 6) is 1.19. The Bertz CT molecular complexity index is 963. The normalized spacial score (nSPS) is 15.9. The van der Waals surface area contributed by atoms with Gasteiger partial charge in [-0.1, -0.05) is 19.0 Å². The van der Waals surface area contributed by atoms with E-state index in [4.69, 9.17) is 4.52 Å². The van der Waals surface area contributed by atoms with Crippen LogP contribution < -0.4 is 5.32 Å². The molecule has 1 aliphatic carbocycles. The molecule has 0 bridgehead atoms. The van der Waals surface area contributed by atoms with Gasteiger partial charge in [0.25, 0.3) is 5.91 Å². The summed E-state index contributed by atoms with van der Waals surface area (Å²) in [5, 5.41) is 6.95. The molecule has 158 valence electrons.